The Hall–Kier alpha value is -2.41. The summed E-state index contributed by atoms with van der Waals surface area (Å²) < 4.78 is 4.85. The highest BCUT2D eigenvalue weighted by Gasteiger charge is 2.50. The number of fused-ring (bicyclic) bond motifs is 2. The van der Waals surface area contributed by atoms with E-state index in [1.165, 1.54) is 7.11 Å². The average molecular weight is 327 g/mol. The van der Waals surface area contributed by atoms with Gasteiger partial charge in [-0.25, -0.2) is 4.79 Å². The van der Waals surface area contributed by atoms with E-state index in [2.05, 4.69) is 10.2 Å². The second-order valence-electron chi connectivity index (χ2n) is 5.32. The summed E-state index contributed by atoms with van der Waals surface area (Å²) in [6.45, 7) is 0. The predicted octanol–water partition coefficient (Wildman–Crippen LogP) is 1.34. The molecule has 1 unspecified atom stereocenters. The predicted molar refractivity (Wildman–Crippen MR) is 88.2 cm³/mol. The van der Waals surface area contributed by atoms with E-state index in [9.17, 15) is 9.59 Å². The quantitative estimate of drug-likeness (QED) is 0.769. The number of hydrogen-bond donors (Lipinski definition) is 0. The SMILES string of the molecule is COC(=O)[C@@H]1CSC2C(c3ccccc3)=C3C=NN=C3C(=O)N21. The number of carbonyl (C=O) groups is 2. The van der Waals surface area contributed by atoms with Gasteiger partial charge >= 0.3 is 5.97 Å². The summed E-state index contributed by atoms with van der Waals surface area (Å²) in [7, 11) is 1.34. The highest BCUT2D eigenvalue weighted by molar-refractivity contribution is 8.00. The summed E-state index contributed by atoms with van der Waals surface area (Å²) in [6.07, 6.45) is 1.62. The van der Waals surface area contributed by atoms with Crippen LogP contribution in [0, 0.1) is 0 Å². The molecule has 3 heterocycles. The first kappa shape index (κ1) is 14.2. The lowest BCUT2D eigenvalue weighted by atomic mass is 9.92. The van der Waals surface area contributed by atoms with Crippen LogP contribution in [0.2, 0.25) is 0 Å². The van der Waals surface area contributed by atoms with Crippen LogP contribution in [0.4, 0.5) is 0 Å². The normalized spacial score (nSPS) is 25.3. The maximum atomic E-state index is 12.8. The van der Waals surface area contributed by atoms with E-state index in [1.807, 2.05) is 30.3 Å². The molecule has 0 saturated carbocycles. The van der Waals surface area contributed by atoms with Crippen LogP contribution in [0.3, 0.4) is 0 Å². The molecule has 1 aromatic rings. The van der Waals surface area contributed by atoms with Crippen LogP contribution in [-0.4, -0.2) is 53.0 Å². The molecule has 116 valence electrons. The maximum absolute atomic E-state index is 12.8. The van der Waals surface area contributed by atoms with Crippen molar-refractivity contribution in [1.29, 1.82) is 0 Å². The summed E-state index contributed by atoms with van der Waals surface area (Å²) in [4.78, 5) is 26.4. The Morgan fingerprint density at radius 1 is 1.35 bits per heavy atom. The van der Waals surface area contributed by atoms with E-state index in [-0.39, 0.29) is 11.3 Å². The standard InChI is InChI=1S/C16H13N3O3S/c1-22-16(21)11-8-23-15-12(9-5-3-2-4-6-9)10-7-17-18-13(10)14(20)19(11)15/h2-7,11,15H,8H2,1H3/t11-,15?/m0/s1. The monoisotopic (exact) mass is 327 g/mol. The Morgan fingerprint density at radius 2 is 2.13 bits per heavy atom. The summed E-state index contributed by atoms with van der Waals surface area (Å²) in [5.74, 6) is -0.150. The Kier molecular flexibility index (Phi) is 3.30. The lowest BCUT2D eigenvalue weighted by Gasteiger charge is -2.34. The van der Waals surface area contributed by atoms with Gasteiger partial charge in [0.25, 0.3) is 5.91 Å². The van der Waals surface area contributed by atoms with E-state index in [1.54, 1.807) is 22.9 Å². The van der Waals surface area contributed by atoms with E-state index >= 15 is 0 Å². The third-order valence-corrected chi connectivity index (χ3v) is 5.42. The number of esters is 1. The van der Waals surface area contributed by atoms with Gasteiger partial charge in [-0.05, 0) is 5.56 Å². The molecule has 0 N–H and O–H groups in total. The molecule has 3 aliphatic heterocycles. The van der Waals surface area contributed by atoms with Crippen LogP contribution in [0.15, 0.2) is 46.1 Å². The molecule has 1 amide bonds. The van der Waals surface area contributed by atoms with Gasteiger partial charge in [-0.15, -0.1) is 16.9 Å². The number of methoxy groups -OCH3 is 1. The largest absolute Gasteiger partial charge is 0.467 e. The fourth-order valence-corrected chi connectivity index (χ4v) is 4.57. The van der Waals surface area contributed by atoms with Gasteiger partial charge in [-0.3, -0.25) is 4.79 Å². The third kappa shape index (κ3) is 2.03. The van der Waals surface area contributed by atoms with Gasteiger partial charge in [-0.2, -0.15) is 5.10 Å². The number of rotatable bonds is 2. The maximum Gasteiger partial charge on any atom is 0.329 e. The molecule has 1 saturated heterocycles. The van der Waals surface area contributed by atoms with Gasteiger partial charge < -0.3 is 9.64 Å². The summed E-state index contributed by atoms with van der Waals surface area (Å²) >= 11 is 1.56. The molecule has 6 nitrogen and oxygen atoms in total. The van der Waals surface area contributed by atoms with Crippen LogP contribution < -0.4 is 0 Å². The number of amides is 1. The van der Waals surface area contributed by atoms with Crippen LogP contribution in [0.1, 0.15) is 5.56 Å². The number of benzene rings is 1. The molecule has 3 aliphatic rings. The smallest absolute Gasteiger partial charge is 0.329 e. The molecular weight excluding hydrogens is 314 g/mol. The van der Waals surface area contributed by atoms with Gasteiger partial charge in [0.1, 0.15) is 11.4 Å². The lowest BCUT2D eigenvalue weighted by Crippen LogP contribution is -2.52. The van der Waals surface area contributed by atoms with Crippen molar-refractivity contribution in [2.24, 2.45) is 10.2 Å². The number of hydrogen-bond acceptors (Lipinski definition) is 6. The van der Waals surface area contributed by atoms with Gasteiger partial charge in [0.05, 0.1) is 13.3 Å². The van der Waals surface area contributed by atoms with Crippen LogP contribution >= 0.6 is 11.8 Å². The third-order valence-electron chi connectivity index (χ3n) is 4.13. The number of thioether (sulfide) groups is 1. The van der Waals surface area contributed by atoms with Crippen LogP contribution in [-0.2, 0) is 14.3 Å². The zero-order valence-corrected chi connectivity index (χ0v) is 13.1. The average Bonchev–Trinajstić information content (AvgIpc) is 3.23. The minimum absolute atomic E-state index is 0.229. The van der Waals surface area contributed by atoms with Crippen LogP contribution in [0.25, 0.3) is 5.57 Å². The first-order valence-corrected chi connectivity index (χ1v) is 8.20. The number of ether oxygens (including phenoxy) is 1. The zero-order chi connectivity index (χ0) is 16.0. The highest BCUT2D eigenvalue weighted by atomic mass is 32.2. The Bertz CT molecular complexity index is 785. The molecule has 0 radical (unpaired) electrons. The Balaban J connectivity index is 1.86. The van der Waals surface area contributed by atoms with Crippen molar-refractivity contribution < 1.29 is 14.3 Å². The Morgan fingerprint density at radius 3 is 2.87 bits per heavy atom. The fourth-order valence-electron chi connectivity index (χ4n) is 3.08. The molecule has 0 aromatic heterocycles. The van der Waals surface area contributed by atoms with E-state index in [4.69, 9.17) is 4.74 Å². The first-order chi connectivity index (χ1) is 11.2. The summed E-state index contributed by atoms with van der Waals surface area (Å²) in [5.41, 5.74) is 3.03. The van der Waals surface area contributed by atoms with Gasteiger partial charge in [0.2, 0.25) is 0 Å². The molecular formula is C16H13N3O3S. The molecule has 7 heteroatoms. The number of nitrogens with zero attached hydrogens (tertiary/aromatic N) is 3. The fraction of sp³-hybridized carbons (Fsp3) is 0.250. The Labute approximate surface area is 136 Å². The minimum Gasteiger partial charge on any atom is -0.467 e. The first-order valence-electron chi connectivity index (χ1n) is 7.15. The molecule has 0 bridgehead atoms. The second kappa shape index (κ2) is 5.34. The van der Waals surface area contributed by atoms with Gasteiger partial charge in [0.15, 0.2) is 5.71 Å². The van der Waals surface area contributed by atoms with Crippen molar-refractivity contribution in [3.8, 4) is 0 Å². The molecule has 0 aliphatic carbocycles. The summed E-state index contributed by atoms with van der Waals surface area (Å²) in [6, 6.07) is 9.23. The molecule has 1 fully saturated rings. The molecule has 1 aromatic carbocycles. The van der Waals surface area contributed by atoms with E-state index < -0.39 is 12.0 Å². The van der Waals surface area contributed by atoms with Crippen molar-refractivity contribution in [2.75, 3.05) is 12.9 Å². The number of carbonyl (C=O) groups excluding carboxylic acids is 2. The van der Waals surface area contributed by atoms with E-state index in [0.717, 1.165) is 16.7 Å². The minimum atomic E-state index is -0.592. The molecule has 23 heavy (non-hydrogen) atoms. The highest BCUT2D eigenvalue weighted by Crippen LogP contribution is 2.43. The van der Waals surface area contributed by atoms with Gasteiger partial charge in [-0.1, -0.05) is 30.3 Å². The molecule has 4 rings (SSSR count). The lowest BCUT2D eigenvalue weighted by molar-refractivity contribution is -0.149. The molecule has 0 spiro atoms. The second-order valence-corrected chi connectivity index (χ2v) is 6.44. The van der Waals surface area contributed by atoms with Crippen molar-refractivity contribution in [3.05, 3.63) is 41.5 Å². The van der Waals surface area contributed by atoms with Crippen LogP contribution in [0.5, 0.6) is 0 Å². The van der Waals surface area contributed by atoms with Crippen molar-refractivity contribution >= 4 is 41.1 Å². The van der Waals surface area contributed by atoms with Crippen molar-refractivity contribution in [1.82, 2.24) is 4.90 Å². The molecule has 2 atom stereocenters. The van der Waals surface area contributed by atoms with Gasteiger partial charge in [0, 0.05) is 16.9 Å². The van der Waals surface area contributed by atoms with Crippen molar-refractivity contribution in [3.63, 3.8) is 0 Å². The van der Waals surface area contributed by atoms with Crippen molar-refractivity contribution in [2.45, 2.75) is 11.4 Å². The summed E-state index contributed by atoms with van der Waals surface area (Å²) in [5, 5.41) is 7.64. The van der Waals surface area contributed by atoms with E-state index in [0.29, 0.717) is 11.5 Å². The topological polar surface area (TPSA) is 71.3 Å². The zero-order valence-electron chi connectivity index (χ0n) is 12.3.